The number of hydrogen-bond acceptors (Lipinski definition) is 1. The quantitative estimate of drug-likeness (QED) is 0.390. The molecule has 146 valence electrons. The van der Waals surface area contributed by atoms with Crippen LogP contribution >= 0.6 is 0 Å². The first-order chi connectivity index (χ1) is 12.7. The van der Waals surface area contributed by atoms with Gasteiger partial charge in [0.25, 0.3) is 0 Å². The Morgan fingerprint density at radius 3 is 2.38 bits per heavy atom. The first kappa shape index (κ1) is 20.9. The van der Waals surface area contributed by atoms with Gasteiger partial charge in [0.05, 0.1) is 6.61 Å². The highest BCUT2D eigenvalue weighted by atomic mass is 19.2. The molecule has 3 heteroatoms. The van der Waals surface area contributed by atoms with Crippen LogP contribution in [0.25, 0.3) is 6.08 Å². The van der Waals surface area contributed by atoms with Gasteiger partial charge in [0.2, 0.25) is 5.82 Å². The maximum atomic E-state index is 14.3. The van der Waals surface area contributed by atoms with Crippen LogP contribution in [0.1, 0.15) is 83.6 Å². The number of unbranched alkanes of at least 4 members (excludes halogenated alkanes) is 3. The van der Waals surface area contributed by atoms with Crippen molar-refractivity contribution in [3.05, 3.63) is 35.4 Å². The fraction of sp³-hybridized carbons (Fsp3) is 0.652. The third-order valence-corrected chi connectivity index (χ3v) is 5.49. The Bertz CT molecular complexity index is 560. The minimum atomic E-state index is -0.872. The summed E-state index contributed by atoms with van der Waals surface area (Å²) in [7, 11) is 0. The van der Waals surface area contributed by atoms with Gasteiger partial charge in [-0.25, -0.2) is 4.39 Å². The van der Waals surface area contributed by atoms with E-state index in [1.807, 2.05) is 6.92 Å². The second kappa shape index (κ2) is 11.4. The summed E-state index contributed by atoms with van der Waals surface area (Å²) in [5.74, 6) is -0.313. The molecule has 0 aromatic heterocycles. The van der Waals surface area contributed by atoms with Crippen LogP contribution in [0.5, 0.6) is 5.75 Å². The summed E-state index contributed by atoms with van der Waals surface area (Å²) >= 11 is 0. The van der Waals surface area contributed by atoms with Gasteiger partial charge >= 0.3 is 0 Å². The Balaban J connectivity index is 1.85. The molecule has 0 bridgehead atoms. The molecule has 1 aliphatic carbocycles. The van der Waals surface area contributed by atoms with Gasteiger partial charge < -0.3 is 4.74 Å². The molecule has 0 amide bonds. The lowest BCUT2D eigenvalue weighted by Crippen LogP contribution is -2.13. The third-order valence-electron chi connectivity index (χ3n) is 5.49. The summed E-state index contributed by atoms with van der Waals surface area (Å²) in [4.78, 5) is 0. The number of ether oxygens (including phenoxy) is 1. The van der Waals surface area contributed by atoms with Gasteiger partial charge in [-0.2, -0.15) is 4.39 Å². The van der Waals surface area contributed by atoms with Crippen LogP contribution in [0.2, 0.25) is 0 Å². The lowest BCUT2D eigenvalue weighted by atomic mass is 9.79. The van der Waals surface area contributed by atoms with Crippen molar-refractivity contribution in [2.45, 2.75) is 78.1 Å². The van der Waals surface area contributed by atoms with Crippen LogP contribution in [0.3, 0.4) is 0 Å². The average molecular weight is 365 g/mol. The van der Waals surface area contributed by atoms with Crippen molar-refractivity contribution in [3.63, 3.8) is 0 Å². The van der Waals surface area contributed by atoms with Gasteiger partial charge in [-0.3, -0.25) is 0 Å². The molecule has 0 heterocycles. The van der Waals surface area contributed by atoms with E-state index < -0.39 is 11.6 Å². The van der Waals surface area contributed by atoms with E-state index in [1.165, 1.54) is 38.5 Å². The summed E-state index contributed by atoms with van der Waals surface area (Å²) in [6.07, 6.45) is 15.8. The van der Waals surface area contributed by atoms with Crippen LogP contribution in [0.15, 0.2) is 18.2 Å². The molecule has 0 saturated heterocycles. The smallest absolute Gasteiger partial charge is 0.201 e. The minimum Gasteiger partial charge on any atom is -0.490 e. The van der Waals surface area contributed by atoms with Crippen LogP contribution in [0.4, 0.5) is 8.78 Å². The molecule has 26 heavy (non-hydrogen) atoms. The Kier molecular flexibility index (Phi) is 9.14. The monoisotopic (exact) mass is 364 g/mol. The molecule has 1 nitrogen and oxygen atoms in total. The van der Waals surface area contributed by atoms with Gasteiger partial charge in [-0.1, -0.05) is 58.1 Å². The maximum Gasteiger partial charge on any atom is 0.201 e. The third kappa shape index (κ3) is 6.41. The van der Waals surface area contributed by atoms with Crippen molar-refractivity contribution in [2.75, 3.05) is 6.61 Å². The minimum absolute atomic E-state index is 0.0145. The zero-order chi connectivity index (χ0) is 18.8. The summed E-state index contributed by atoms with van der Waals surface area (Å²) in [5.41, 5.74) is 0.315. The summed E-state index contributed by atoms with van der Waals surface area (Å²) < 4.78 is 33.7. The number of rotatable bonds is 10. The highest BCUT2D eigenvalue weighted by molar-refractivity contribution is 5.52. The fourth-order valence-electron chi connectivity index (χ4n) is 3.71. The van der Waals surface area contributed by atoms with E-state index in [1.54, 1.807) is 18.2 Å². The second-order valence-corrected chi connectivity index (χ2v) is 7.62. The molecular weight excluding hydrogens is 330 g/mol. The lowest BCUT2D eigenvalue weighted by Gasteiger charge is -2.26. The van der Waals surface area contributed by atoms with Crippen molar-refractivity contribution in [3.8, 4) is 5.75 Å². The highest BCUT2D eigenvalue weighted by Crippen LogP contribution is 2.33. The van der Waals surface area contributed by atoms with E-state index in [0.29, 0.717) is 18.1 Å². The van der Waals surface area contributed by atoms with Gasteiger partial charge in [0.15, 0.2) is 11.6 Å². The summed E-state index contributed by atoms with van der Waals surface area (Å²) in [6.45, 7) is 4.70. The Morgan fingerprint density at radius 2 is 1.69 bits per heavy atom. The van der Waals surface area contributed by atoms with Crippen LogP contribution in [-0.2, 0) is 0 Å². The molecule has 0 atom stereocenters. The molecule has 1 aromatic rings. The number of benzene rings is 1. The van der Waals surface area contributed by atoms with Crippen molar-refractivity contribution in [2.24, 2.45) is 11.8 Å². The Labute approximate surface area is 157 Å². The van der Waals surface area contributed by atoms with Crippen molar-refractivity contribution < 1.29 is 13.5 Å². The van der Waals surface area contributed by atoms with E-state index in [-0.39, 0.29) is 5.75 Å². The predicted octanol–water partition coefficient (Wildman–Crippen LogP) is 7.54. The van der Waals surface area contributed by atoms with Crippen molar-refractivity contribution in [1.29, 1.82) is 0 Å². The van der Waals surface area contributed by atoms with Gasteiger partial charge in [-0.15, -0.1) is 0 Å². The molecule has 2 rings (SSSR count). The largest absolute Gasteiger partial charge is 0.490 e. The van der Waals surface area contributed by atoms with Crippen molar-refractivity contribution >= 4 is 6.08 Å². The second-order valence-electron chi connectivity index (χ2n) is 7.62. The predicted molar refractivity (Wildman–Crippen MR) is 105 cm³/mol. The lowest BCUT2D eigenvalue weighted by molar-refractivity contribution is 0.288. The molecule has 0 aliphatic heterocycles. The Morgan fingerprint density at radius 1 is 0.962 bits per heavy atom. The molecule has 0 N–H and O–H groups in total. The Hall–Kier alpha value is -1.38. The average Bonchev–Trinajstić information content (AvgIpc) is 2.66. The van der Waals surface area contributed by atoms with E-state index in [2.05, 4.69) is 13.0 Å². The molecule has 1 fully saturated rings. The molecular formula is C23H34F2O. The summed E-state index contributed by atoms with van der Waals surface area (Å²) in [5, 5.41) is 0. The van der Waals surface area contributed by atoms with Gasteiger partial charge in [0, 0.05) is 5.56 Å². The number of halogens is 2. The SMILES string of the molecule is CCCCCC1CCC(C=Cc2ccc(OCCCC)c(F)c2F)CC1. The standard InChI is InChI=1S/C23H34F2O/c1-3-5-7-8-18-9-11-19(12-10-18)13-14-20-15-16-21(23(25)22(20)24)26-17-6-4-2/h13-16,18-19H,3-12,17H2,1-2H3. The van der Waals surface area contributed by atoms with Crippen molar-refractivity contribution in [1.82, 2.24) is 0 Å². The normalized spacial score (nSPS) is 20.6. The van der Waals surface area contributed by atoms with E-state index in [0.717, 1.165) is 31.6 Å². The fourth-order valence-corrected chi connectivity index (χ4v) is 3.71. The van der Waals surface area contributed by atoms with Crippen LogP contribution in [-0.4, -0.2) is 6.61 Å². The van der Waals surface area contributed by atoms with E-state index >= 15 is 0 Å². The first-order valence-electron chi connectivity index (χ1n) is 10.4. The zero-order valence-electron chi connectivity index (χ0n) is 16.4. The number of allylic oxidation sites excluding steroid dienone is 1. The molecule has 0 radical (unpaired) electrons. The molecule has 1 saturated carbocycles. The van der Waals surface area contributed by atoms with E-state index in [4.69, 9.17) is 4.74 Å². The number of hydrogen-bond donors (Lipinski definition) is 0. The van der Waals surface area contributed by atoms with Crippen LogP contribution in [0, 0.1) is 23.5 Å². The zero-order valence-corrected chi connectivity index (χ0v) is 16.4. The maximum absolute atomic E-state index is 14.3. The molecule has 1 aromatic carbocycles. The first-order valence-corrected chi connectivity index (χ1v) is 10.4. The van der Waals surface area contributed by atoms with Gasteiger partial charge in [0.1, 0.15) is 0 Å². The van der Waals surface area contributed by atoms with Crippen LogP contribution < -0.4 is 4.74 Å². The van der Waals surface area contributed by atoms with Gasteiger partial charge in [-0.05, 0) is 56.1 Å². The molecule has 0 unspecified atom stereocenters. The topological polar surface area (TPSA) is 9.23 Å². The van der Waals surface area contributed by atoms with E-state index in [9.17, 15) is 8.78 Å². The summed E-state index contributed by atoms with van der Waals surface area (Å²) in [6, 6.07) is 3.16. The molecule has 1 aliphatic rings. The highest BCUT2D eigenvalue weighted by Gasteiger charge is 2.19. The molecule has 0 spiro atoms.